The molecular weight excluding hydrogens is 302 g/mol. The number of H-pyrrole nitrogens is 1. The van der Waals surface area contributed by atoms with Gasteiger partial charge in [0.2, 0.25) is 0 Å². The van der Waals surface area contributed by atoms with E-state index in [0.717, 1.165) is 11.6 Å². The van der Waals surface area contributed by atoms with Crippen LogP contribution < -0.4 is 5.32 Å². The number of alkyl carbamates (subject to hydrolysis) is 1. The Balaban J connectivity index is 2.15. The zero-order valence-corrected chi connectivity index (χ0v) is 13.8. The minimum absolute atomic E-state index is 0.185. The Hall–Kier alpha value is -2.11. The lowest BCUT2D eigenvalue weighted by Gasteiger charge is -2.23. The fraction of sp³-hybridized carbons (Fsp3) is 0.471. The fourth-order valence-corrected chi connectivity index (χ4v) is 2.42. The molecule has 6 heteroatoms. The molecule has 0 saturated carbocycles. The molecule has 1 aromatic heterocycles. The Morgan fingerprint density at radius 1 is 1.35 bits per heavy atom. The lowest BCUT2D eigenvalue weighted by molar-refractivity contribution is 0.0503. The summed E-state index contributed by atoms with van der Waals surface area (Å²) in [7, 11) is 0. The van der Waals surface area contributed by atoms with Crippen molar-refractivity contribution in [1.82, 2.24) is 10.3 Å². The van der Waals surface area contributed by atoms with E-state index in [-0.39, 0.29) is 11.6 Å². The highest BCUT2D eigenvalue weighted by molar-refractivity contribution is 5.84. The number of hydrogen-bond donors (Lipinski definition) is 2. The number of rotatable bonds is 4. The third-order valence-electron chi connectivity index (χ3n) is 3.47. The SMILES string of the molecule is CC[C@@H](Cc1c[nH]c2c(F)cc(F)cc12)NC(=O)OC(C)(C)C. The van der Waals surface area contributed by atoms with Crippen LogP contribution in [-0.4, -0.2) is 22.7 Å². The summed E-state index contributed by atoms with van der Waals surface area (Å²) >= 11 is 0. The second-order valence-electron chi connectivity index (χ2n) is 6.58. The minimum Gasteiger partial charge on any atom is -0.444 e. The summed E-state index contributed by atoms with van der Waals surface area (Å²) in [4.78, 5) is 14.7. The number of hydrogen-bond acceptors (Lipinski definition) is 2. The Morgan fingerprint density at radius 3 is 2.65 bits per heavy atom. The van der Waals surface area contributed by atoms with Gasteiger partial charge >= 0.3 is 6.09 Å². The van der Waals surface area contributed by atoms with E-state index in [1.807, 2.05) is 6.92 Å². The first-order valence-electron chi connectivity index (χ1n) is 7.64. The van der Waals surface area contributed by atoms with Crippen LogP contribution in [0.2, 0.25) is 0 Å². The molecule has 0 spiro atoms. The molecule has 126 valence electrons. The van der Waals surface area contributed by atoms with Crippen LogP contribution in [0.25, 0.3) is 10.9 Å². The third kappa shape index (κ3) is 4.43. The normalized spacial score (nSPS) is 13.1. The molecule has 2 aromatic rings. The molecule has 23 heavy (non-hydrogen) atoms. The van der Waals surface area contributed by atoms with E-state index in [1.54, 1.807) is 27.0 Å². The summed E-state index contributed by atoms with van der Waals surface area (Å²) in [5.41, 5.74) is 0.449. The molecule has 0 aliphatic heterocycles. The van der Waals surface area contributed by atoms with Crippen molar-refractivity contribution in [3.8, 4) is 0 Å². The topological polar surface area (TPSA) is 54.1 Å². The second kappa shape index (κ2) is 6.56. The minimum atomic E-state index is -0.626. The number of aromatic amines is 1. The van der Waals surface area contributed by atoms with Crippen molar-refractivity contribution in [3.63, 3.8) is 0 Å². The summed E-state index contributed by atoms with van der Waals surface area (Å²) < 4.78 is 32.4. The molecule has 1 aromatic carbocycles. The third-order valence-corrected chi connectivity index (χ3v) is 3.47. The van der Waals surface area contributed by atoms with Gasteiger partial charge < -0.3 is 15.0 Å². The predicted octanol–water partition coefficient (Wildman–Crippen LogP) is 4.29. The molecule has 1 amide bonds. The van der Waals surface area contributed by atoms with Crippen LogP contribution in [0, 0.1) is 11.6 Å². The number of carbonyl (C=O) groups excluding carboxylic acids is 1. The van der Waals surface area contributed by atoms with Crippen LogP contribution in [0.15, 0.2) is 18.3 Å². The lowest BCUT2D eigenvalue weighted by atomic mass is 10.0. The van der Waals surface area contributed by atoms with Crippen molar-refractivity contribution in [1.29, 1.82) is 0 Å². The number of carbonyl (C=O) groups is 1. The Kier molecular flexibility index (Phi) is 4.92. The van der Waals surface area contributed by atoms with Gasteiger partial charge in [0, 0.05) is 23.7 Å². The van der Waals surface area contributed by atoms with E-state index in [9.17, 15) is 13.6 Å². The van der Waals surface area contributed by atoms with Crippen LogP contribution in [-0.2, 0) is 11.2 Å². The van der Waals surface area contributed by atoms with E-state index in [2.05, 4.69) is 10.3 Å². The quantitative estimate of drug-likeness (QED) is 0.881. The van der Waals surface area contributed by atoms with Gasteiger partial charge in [0.25, 0.3) is 0 Å². The molecule has 2 N–H and O–H groups in total. The van der Waals surface area contributed by atoms with Crippen LogP contribution >= 0.6 is 0 Å². The predicted molar refractivity (Wildman–Crippen MR) is 85.4 cm³/mol. The van der Waals surface area contributed by atoms with Crippen molar-refractivity contribution in [3.05, 3.63) is 35.5 Å². The maximum absolute atomic E-state index is 13.7. The molecule has 0 aliphatic rings. The monoisotopic (exact) mass is 324 g/mol. The summed E-state index contributed by atoms with van der Waals surface area (Å²) in [5, 5.41) is 3.29. The zero-order valence-electron chi connectivity index (χ0n) is 13.8. The molecular formula is C17H22F2N2O2. The second-order valence-corrected chi connectivity index (χ2v) is 6.58. The molecule has 1 heterocycles. The molecule has 0 saturated heterocycles. The van der Waals surface area contributed by atoms with Gasteiger partial charge in [-0.05, 0) is 45.2 Å². The van der Waals surface area contributed by atoms with Crippen LogP contribution in [0.3, 0.4) is 0 Å². The van der Waals surface area contributed by atoms with Crippen molar-refractivity contribution < 1.29 is 18.3 Å². The number of halogens is 2. The number of nitrogens with one attached hydrogen (secondary N) is 2. The lowest BCUT2D eigenvalue weighted by Crippen LogP contribution is -2.39. The maximum atomic E-state index is 13.7. The highest BCUT2D eigenvalue weighted by Gasteiger charge is 2.20. The van der Waals surface area contributed by atoms with E-state index in [4.69, 9.17) is 4.74 Å². The average Bonchev–Trinajstić information content (AvgIpc) is 2.79. The van der Waals surface area contributed by atoms with Gasteiger partial charge in [0.05, 0.1) is 5.52 Å². The summed E-state index contributed by atoms with van der Waals surface area (Å²) in [6.45, 7) is 7.30. The van der Waals surface area contributed by atoms with Gasteiger partial charge in [0.15, 0.2) is 0 Å². The van der Waals surface area contributed by atoms with E-state index in [0.29, 0.717) is 18.2 Å². The van der Waals surface area contributed by atoms with Crippen LogP contribution in [0.5, 0.6) is 0 Å². The molecule has 0 unspecified atom stereocenters. The van der Waals surface area contributed by atoms with Gasteiger partial charge in [-0.1, -0.05) is 6.92 Å². The maximum Gasteiger partial charge on any atom is 0.407 e. The molecule has 4 nitrogen and oxygen atoms in total. The Labute approximate surface area is 134 Å². The highest BCUT2D eigenvalue weighted by Crippen LogP contribution is 2.24. The van der Waals surface area contributed by atoms with Gasteiger partial charge in [-0.3, -0.25) is 0 Å². The van der Waals surface area contributed by atoms with Crippen molar-refractivity contribution in [2.45, 2.75) is 52.2 Å². The van der Waals surface area contributed by atoms with Gasteiger partial charge in [0.1, 0.15) is 17.2 Å². The first-order valence-corrected chi connectivity index (χ1v) is 7.64. The smallest absolute Gasteiger partial charge is 0.407 e. The van der Waals surface area contributed by atoms with E-state index >= 15 is 0 Å². The molecule has 2 rings (SSSR count). The van der Waals surface area contributed by atoms with Crippen molar-refractivity contribution >= 4 is 17.0 Å². The molecule has 0 bridgehead atoms. The summed E-state index contributed by atoms with van der Waals surface area (Å²) in [5.74, 6) is -1.25. The largest absolute Gasteiger partial charge is 0.444 e. The molecule has 0 aliphatic carbocycles. The number of fused-ring (bicyclic) bond motifs is 1. The van der Waals surface area contributed by atoms with Crippen LogP contribution in [0.4, 0.5) is 13.6 Å². The fourth-order valence-electron chi connectivity index (χ4n) is 2.42. The van der Waals surface area contributed by atoms with Crippen LogP contribution in [0.1, 0.15) is 39.7 Å². The number of amides is 1. The van der Waals surface area contributed by atoms with Gasteiger partial charge in [-0.25, -0.2) is 13.6 Å². The van der Waals surface area contributed by atoms with Crippen molar-refractivity contribution in [2.75, 3.05) is 0 Å². The standard InChI is InChI=1S/C17H22F2N2O2/c1-5-12(21-16(22)23-17(2,3)4)6-10-9-20-15-13(10)7-11(18)8-14(15)19/h7-9,12,20H,5-6H2,1-4H3,(H,21,22)/t12-/m0/s1. The number of aromatic nitrogens is 1. The zero-order chi connectivity index (χ0) is 17.2. The number of ether oxygens (including phenoxy) is 1. The summed E-state index contributed by atoms with van der Waals surface area (Å²) in [6.07, 6.45) is 2.27. The molecule has 1 atom stereocenters. The molecule has 0 fully saturated rings. The van der Waals surface area contributed by atoms with E-state index < -0.39 is 23.3 Å². The average molecular weight is 324 g/mol. The Bertz CT molecular complexity index is 704. The molecule has 0 radical (unpaired) electrons. The van der Waals surface area contributed by atoms with Crippen molar-refractivity contribution in [2.24, 2.45) is 0 Å². The Morgan fingerprint density at radius 2 is 2.04 bits per heavy atom. The first-order chi connectivity index (χ1) is 10.7. The highest BCUT2D eigenvalue weighted by atomic mass is 19.1. The van der Waals surface area contributed by atoms with Gasteiger partial charge in [-0.2, -0.15) is 0 Å². The number of benzene rings is 1. The van der Waals surface area contributed by atoms with Gasteiger partial charge in [-0.15, -0.1) is 0 Å². The summed E-state index contributed by atoms with van der Waals surface area (Å²) in [6, 6.07) is 1.96. The first kappa shape index (κ1) is 17.2. The van der Waals surface area contributed by atoms with E-state index in [1.165, 1.54) is 6.07 Å².